The van der Waals surface area contributed by atoms with Crippen LogP contribution in [0.15, 0.2) is 28.8 Å². The first kappa shape index (κ1) is 17.6. The fourth-order valence-electron chi connectivity index (χ4n) is 2.05. The SMILES string of the molecule is CC(C)[C@H](NC(=O)CCc1nc(-c2ccc(F)cc2)no1)C(=O)O. The maximum absolute atomic E-state index is 12.9. The van der Waals surface area contributed by atoms with Crippen molar-refractivity contribution >= 4 is 11.9 Å². The van der Waals surface area contributed by atoms with Crippen LogP contribution >= 0.6 is 0 Å². The molecule has 7 nitrogen and oxygen atoms in total. The van der Waals surface area contributed by atoms with Crippen LogP contribution in [0.2, 0.25) is 0 Å². The summed E-state index contributed by atoms with van der Waals surface area (Å²) < 4.78 is 17.9. The normalized spacial score (nSPS) is 12.2. The van der Waals surface area contributed by atoms with Gasteiger partial charge in [0.15, 0.2) is 0 Å². The third kappa shape index (κ3) is 4.61. The standard InChI is InChI=1S/C16H18FN3O4/c1-9(2)14(16(22)23)18-12(21)7-8-13-19-15(20-24-13)10-3-5-11(17)6-4-10/h3-6,9,14H,7-8H2,1-2H3,(H,18,21)(H,22,23)/t14-/m0/s1. The molecule has 8 heteroatoms. The van der Waals surface area contributed by atoms with Crippen LogP contribution in [0, 0.1) is 11.7 Å². The van der Waals surface area contributed by atoms with Gasteiger partial charge in [-0.3, -0.25) is 4.79 Å². The fraction of sp³-hybridized carbons (Fsp3) is 0.375. The second-order valence-electron chi connectivity index (χ2n) is 5.65. The van der Waals surface area contributed by atoms with E-state index in [1.807, 2.05) is 0 Å². The van der Waals surface area contributed by atoms with Gasteiger partial charge in [0.2, 0.25) is 17.6 Å². The van der Waals surface area contributed by atoms with Crippen molar-refractivity contribution in [1.82, 2.24) is 15.5 Å². The van der Waals surface area contributed by atoms with E-state index >= 15 is 0 Å². The highest BCUT2D eigenvalue weighted by atomic mass is 19.1. The van der Waals surface area contributed by atoms with Gasteiger partial charge in [-0.15, -0.1) is 0 Å². The predicted molar refractivity (Wildman–Crippen MR) is 82.4 cm³/mol. The van der Waals surface area contributed by atoms with Gasteiger partial charge in [0, 0.05) is 18.4 Å². The molecule has 128 valence electrons. The number of carboxylic acid groups (broad SMARTS) is 1. The van der Waals surface area contributed by atoms with Crippen molar-refractivity contribution in [3.05, 3.63) is 36.0 Å². The molecule has 0 aliphatic carbocycles. The molecule has 0 spiro atoms. The minimum absolute atomic E-state index is 0.0293. The molecule has 24 heavy (non-hydrogen) atoms. The summed E-state index contributed by atoms with van der Waals surface area (Å²) in [6.07, 6.45) is 0.214. The summed E-state index contributed by atoms with van der Waals surface area (Å²) >= 11 is 0. The van der Waals surface area contributed by atoms with E-state index in [0.29, 0.717) is 11.4 Å². The molecule has 0 fully saturated rings. The van der Waals surface area contributed by atoms with Crippen LogP contribution in [0.5, 0.6) is 0 Å². The number of rotatable bonds is 7. The smallest absolute Gasteiger partial charge is 0.326 e. The molecule has 1 atom stereocenters. The number of hydrogen-bond donors (Lipinski definition) is 2. The van der Waals surface area contributed by atoms with Gasteiger partial charge in [-0.2, -0.15) is 4.98 Å². The first-order valence-corrected chi connectivity index (χ1v) is 7.47. The van der Waals surface area contributed by atoms with E-state index in [4.69, 9.17) is 9.63 Å². The zero-order valence-electron chi connectivity index (χ0n) is 13.3. The maximum atomic E-state index is 12.9. The molecule has 2 N–H and O–H groups in total. The van der Waals surface area contributed by atoms with Crippen molar-refractivity contribution in [1.29, 1.82) is 0 Å². The van der Waals surface area contributed by atoms with Crippen LogP contribution in [0.25, 0.3) is 11.4 Å². The van der Waals surface area contributed by atoms with Gasteiger partial charge in [-0.05, 0) is 30.2 Å². The van der Waals surface area contributed by atoms with Gasteiger partial charge in [-0.1, -0.05) is 19.0 Å². The number of amides is 1. The number of nitrogens with one attached hydrogen (secondary N) is 1. The molecule has 0 bridgehead atoms. The van der Waals surface area contributed by atoms with Gasteiger partial charge in [0.25, 0.3) is 0 Å². The summed E-state index contributed by atoms with van der Waals surface area (Å²) in [5.41, 5.74) is 0.599. The van der Waals surface area contributed by atoms with Crippen molar-refractivity contribution < 1.29 is 23.6 Å². The van der Waals surface area contributed by atoms with Crippen molar-refractivity contribution in [2.75, 3.05) is 0 Å². The lowest BCUT2D eigenvalue weighted by Crippen LogP contribution is -2.44. The Morgan fingerprint density at radius 3 is 2.54 bits per heavy atom. The Bertz CT molecular complexity index is 712. The monoisotopic (exact) mass is 335 g/mol. The van der Waals surface area contributed by atoms with E-state index in [2.05, 4.69) is 15.5 Å². The Kier molecular flexibility index (Phi) is 5.62. The van der Waals surface area contributed by atoms with Crippen molar-refractivity contribution in [2.45, 2.75) is 32.7 Å². The summed E-state index contributed by atoms with van der Waals surface area (Å²) in [6.45, 7) is 3.43. The number of aliphatic carboxylic acids is 1. The Hall–Kier alpha value is -2.77. The average Bonchev–Trinajstić information content (AvgIpc) is 2.99. The van der Waals surface area contributed by atoms with E-state index in [0.717, 1.165) is 0 Å². The van der Waals surface area contributed by atoms with Crippen molar-refractivity contribution in [2.24, 2.45) is 5.92 Å². The molecular weight excluding hydrogens is 317 g/mol. The second kappa shape index (κ2) is 7.67. The number of nitrogens with zero attached hydrogens (tertiary/aromatic N) is 2. The predicted octanol–water partition coefficient (Wildman–Crippen LogP) is 2.03. The first-order chi connectivity index (χ1) is 11.4. The van der Waals surface area contributed by atoms with Crippen LogP contribution in [-0.4, -0.2) is 33.2 Å². The van der Waals surface area contributed by atoms with Crippen LogP contribution < -0.4 is 5.32 Å². The number of halogens is 1. The molecule has 0 saturated heterocycles. The lowest BCUT2D eigenvalue weighted by atomic mass is 10.0. The Morgan fingerprint density at radius 1 is 1.29 bits per heavy atom. The second-order valence-corrected chi connectivity index (χ2v) is 5.65. The van der Waals surface area contributed by atoms with Crippen LogP contribution in [0.3, 0.4) is 0 Å². The van der Waals surface area contributed by atoms with Crippen LogP contribution in [0.4, 0.5) is 4.39 Å². The molecule has 1 heterocycles. The third-order valence-electron chi connectivity index (χ3n) is 3.39. The molecule has 0 unspecified atom stereocenters. The van der Waals surface area contributed by atoms with E-state index in [1.54, 1.807) is 13.8 Å². The molecule has 1 amide bonds. The van der Waals surface area contributed by atoms with Crippen LogP contribution in [0.1, 0.15) is 26.2 Å². The summed E-state index contributed by atoms with van der Waals surface area (Å²) in [4.78, 5) is 27.0. The highest BCUT2D eigenvalue weighted by Crippen LogP contribution is 2.16. The largest absolute Gasteiger partial charge is 0.480 e. The topological polar surface area (TPSA) is 105 Å². The lowest BCUT2D eigenvalue weighted by Gasteiger charge is -2.17. The molecule has 0 saturated carbocycles. The van der Waals surface area contributed by atoms with E-state index in [-0.39, 0.29) is 30.5 Å². The van der Waals surface area contributed by atoms with Gasteiger partial charge in [-0.25, -0.2) is 9.18 Å². The number of benzene rings is 1. The Balaban J connectivity index is 1.92. The third-order valence-corrected chi connectivity index (χ3v) is 3.39. The number of aryl methyl sites for hydroxylation is 1. The van der Waals surface area contributed by atoms with E-state index in [9.17, 15) is 14.0 Å². The number of carbonyl (C=O) groups excluding carboxylic acids is 1. The van der Waals surface area contributed by atoms with Gasteiger partial charge in [0.1, 0.15) is 11.9 Å². The number of carbonyl (C=O) groups is 2. The number of hydrogen-bond acceptors (Lipinski definition) is 5. The van der Waals surface area contributed by atoms with Gasteiger partial charge >= 0.3 is 5.97 Å². The Morgan fingerprint density at radius 2 is 1.96 bits per heavy atom. The summed E-state index contributed by atoms with van der Waals surface area (Å²) in [7, 11) is 0. The zero-order valence-corrected chi connectivity index (χ0v) is 13.3. The average molecular weight is 335 g/mol. The Labute approximate surface area is 137 Å². The molecule has 0 aliphatic heterocycles. The van der Waals surface area contributed by atoms with Crippen molar-refractivity contribution in [3.8, 4) is 11.4 Å². The van der Waals surface area contributed by atoms with Gasteiger partial charge in [0.05, 0.1) is 0 Å². The zero-order chi connectivity index (χ0) is 17.7. The van der Waals surface area contributed by atoms with Gasteiger partial charge < -0.3 is 14.9 Å². The summed E-state index contributed by atoms with van der Waals surface area (Å²) in [5, 5.41) is 15.3. The summed E-state index contributed by atoms with van der Waals surface area (Å²) in [5.74, 6) is -1.51. The number of aromatic nitrogens is 2. The summed E-state index contributed by atoms with van der Waals surface area (Å²) in [6, 6.07) is 4.69. The highest BCUT2D eigenvalue weighted by Gasteiger charge is 2.23. The van der Waals surface area contributed by atoms with Crippen LogP contribution in [-0.2, 0) is 16.0 Å². The molecule has 0 aliphatic rings. The molecule has 1 aromatic heterocycles. The molecule has 1 aromatic carbocycles. The molecule has 0 radical (unpaired) electrons. The molecule has 2 rings (SSSR count). The molecular formula is C16H18FN3O4. The van der Waals surface area contributed by atoms with Crippen molar-refractivity contribution in [3.63, 3.8) is 0 Å². The number of carboxylic acids is 1. The minimum atomic E-state index is -1.07. The quantitative estimate of drug-likeness (QED) is 0.802. The van der Waals surface area contributed by atoms with E-state index in [1.165, 1.54) is 24.3 Å². The maximum Gasteiger partial charge on any atom is 0.326 e. The minimum Gasteiger partial charge on any atom is -0.480 e. The first-order valence-electron chi connectivity index (χ1n) is 7.47. The fourth-order valence-corrected chi connectivity index (χ4v) is 2.05. The lowest BCUT2D eigenvalue weighted by molar-refractivity contribution is -0.143. The highest BCUT2D eigenvalue weighted by molar-refractivity contribution is 5.83. The van der Waals surface area contributed by atoms with E-state index < -0.39 is 17.9 Å². The molecule has 2 aromatic rings.